The van der Waals surface area contributed by atoms with Crippen LogP contribution in [-0.2, 0) is 16.0 Å². The maximum atomic E-state index is 11.4. The summed E-state index contributed by atoms with van der Waals surface area (Å²) in [5, 5.41) is 0. The van der Waals surface area contributed by atoms with E-state index in [1.54, 1.807) is 19.9 Å². The molecular weight excluding hydrogens is 310 g/mol. The predicted octanol–water partition coefficient (Wildman–Crippen LogP) is 2.67. The number of hydrogen-bond acceptors (Lipinski definition) is 4. The number of nitrogens with two attached hydrogens (primary N) is 1. The summed E-state index contributed by atoms with van der Waals surface area (Å²) >= 11 is 3.47. The van der Waals surface area contributed by atoms with Gasteiger partial charge in [0.2, 0.25) is 0 Å². The highest BCUT2D eigenvalue weighted by molar-refractivity contribution is 9.10. The summed E-state index contributed by atoms with van der Waals surface area (Å²) < 4.78 is 11.4. The fourth-order valence-corrected chi connectivity index (χ4v) is 1.99. The second-order valence-corrected chi connectivity index (χ2v) is 5.62. The fraction of sp³-hybridized carbons (Fsp3) is 0.500. The van der Waals surface area contributed by atoms with Gasteiger partial charge in [0.15, 0.2) is 6.61 Å². The third kappa shape index (κ3) is 6.07. The molecule has 0 spiro atoms. The monoisotopic (exact) mass is 329 g/mol. The topological polar surface area (TPSA) is 61.5 Å². The summed E-state index contributed by atoms with van der Waals surface area (Å²) in [7, 11) is 0. The first-order valence-corrected chi connectivity index (χ1v) is 7.04. The Labute approximate surface area is 122 Å². The molecular formula is C14H20BrNO3. The zero-order valence-electron chi connectivity index (χ0n) is 11.5. The van der Waals surface area contributed by atoms with Crippen molar-refractivity contribution in [1.29, 1.82) is 0 Å². The van der Waals surface area contributed by atoms with Gasteiger partial charge in [0.25, 0.3) is 0 Å². The first-order chi connectivity index (χ1) is 8.88. The van der Waals surface area contributed by atoms with Crippen molar-refractivity contribution >= 4 is 21.9 Å². The highest BCUT2D eigenvalue weighted by Gasteiger charge is 2.09. The van der Waals surface area contributed by atoms with Crippen molar-refractivity contribution in [3.05, 3.63) is 28.2 Å². The standard InChI is InChI=1S/C14H20BrNO3/c1-9(2)19-14(17)8-18-12-4-5-13(15)11(7-12)6-10(3)16/h4-5,7,9-10H,6,8,16H2,1-3H3. The van der Waals surface area contributed by atoms with E-state index in [1.165, 1.54) is 0 Å². The molecule has 0 fully saturated rings. The maximum Gasteiger partial charge on any atom is 0.344 e. The van der Waals surface area contributed by atoms with Crippen LogP contribution < -0.4 is 10.5 Å². The van der Waals surface area contributed by atoms with Crippen LogP contribution in [-0.4, -0.2) is 24.7 Å². The van der Waals surface area contributed by atoms with Crippen LogP contribution >= 0.6 is 15.9 Å². The van der Waals surface area contributed by atoms with Gasteiger partial charge in [-0.25, -0.2) is 4.79 Å². The Morgan fingerprint density at radius 2 is 2.05 bits per heavy atom. The lowest BCUT2D eigenvalue weighted by Crippen LogP contribution is -2.19. The van der Waals surface area contributed by atoms with Crippen molar-refractivity contribution in [2.45, 2.75) is 39.3 Å². The van der Waals surface area contributed by atoms with Gasteiger partial charge in [0.05, 0.1) is 6.10 Å². The SMILES string of the molecule is CC(N)Cc1cc(OCC(=O)OC(C)C)ccc1Br. The summed E-state index contributed by atoms with van der Waals surface area (Å²) in [6.45, 7) is 5.47. The molecule has 19 heavy (non-hydrogen) atoms. The van der Waals surface area contributed by atoms with Crippen molar-refractivity contribution < 1.29 is 14.3 Å². The van der Waals surface area contributed by atoms with E-state index < -0.39 is 0 Å². The number of hydrogen-bond donors (Lipinski definition) is 1. The Bertz CT molecular complexity index is 433. The highest BCUT2D eigenvalue weighted by atomic mass is 79.9. The summed E-state index contributed by atoms with van der Waals surface area (Å²) in [6, 6.07) is 5.64. The number of rotatable bonds is 6. The summed E-state index contributed by atoms with van der Waals surface area (Å²) in [6.07, 6.45) is 0.614. The van der Waals surface area contributed by atoms with Gasteiger partial charge in [-0.3, -0.25) is 0 Å². The Balaban J connectivity index is 2.61. The van der Waals surface area contributed by atoms with Crippen molar-refractivity contribution in [2.24, 2.45) is 5.73 Å². The third-order valence-electron chi connectivity index (χ3n) is 2.28. The van der Waals surface area contributed by atoms with E-state index in [2.05, 4.69) is 15.9 Å². The zero-order chi connectivity index (χ0) is 14.4. The van der Waals surface area contributed by atoms with Crippen LogP contribution in [0.1, 0.15) is 26.3 Å². The molecule has 1 aromatic carbocycles. The van der Waals surface area contributed by atoms with Crippen molar-refractivity contribution in [2.75, 3.05) is 6.61 Å². The van der Waals surface area contributed by atoms with Gasteiger partial charge in [-0.2, -0.15) is 0 Å². The summed E-state index contributed by atoms with van der Waals surface area (Å²) in [4.78, 5) is 11.4. The molecule has 0 aromatic heterocycles. The van der Waals surface area contributed by atoms with Gasteiger partial charge in [0.1, 0.15) is 5.75 Å². The van der Waals surface area contributed by atoms with E-state index in [1.807, 2.05) is 19.1 Å². The molecule has 0 saturated carbocycles. The predicted molar refractivity (Wildman–Crippen MR) is 78.2 cm³/mol. The molecule has 5 heteroatoms. The number of ether oxygens (including phenoxy) is 2. The molecule has 1 unspecified atom stereocenters. The third-order valence-corrected chi connectivity index (χ3v) is 3.06. The normalized spacial score (nSPS) is 12.3. The second-order valence-electron chi connectivity index (χ2n) is 4.76. The van der Waals surface area contributed by atoms with Crippen LogP contribution in [0.3, 0.4) is 0 Å². The molecule has 1 rings (SSSR count). The molecule has 0 aliphatic heterocycles. The zero-order valence-corrected chi connectivity index (χ0v) is 13.1. The van der Waals surface area contributed by atoms with Gasteiger partial charge in [-0.05, 0) is 51.0 Å². The van der Waals surface area contributed by atoms with Crippen LogP contribution in [0.5, 0.6) is 5.75 Å². The highest BCUT2D eigenvalue weighted by Crippen LogP contribution is 2.23. The second kappa shape index (κ2) is 7.50. The van der Waals surface area contributed by atoms with E-state index in [4.69, 9.17) is 15.2 Å². The summed E-state index contributed by atoms with van der Waals surface area (Å²) in [5.41, 5.74) is 6.84. The Hall–Kier alpha value is -1.07. The molecule has 0 heterocycles. The molecule has 1 aromatic rings. The Morgan fingerprint density at radius 1 is 1.37 bits per heavy atom. The smallest absolute Gasteiger partial charge is 0.344 e. The fourth-order valence-electron chi connectivity index (χ4n) is 1.58. The minimum absolute atomic E-state index is 0.0671. The van der Waals surface area contributed by atoms with E-state index >= 15 is 0 Å². The lowest BCUT2D eigenvalue weighted by molar-refractivity contribution is -0.149. The van der Waals surface area contributed by atoms with Crippen molar-refractivity contribution in [3.63, 3.8) is 0 Å². The van der Waals surface area contributed by atoms with E-state index in [9.17, 15) is 4.79 Å². The van der Waals surface area contributed by atoms with Gasteiger partial charge >= 0.3 is 5.97 Å². The summed E-state index contributed by atoms with van der Waals surface area (Å²) in [5.74, 6) is 0.270. The molecule has 1 atom stereocenters. The van der Waals surface area contributed by atoms with Gasteiger partial charge in [-0.15, -0.1) is 0 Å². The first kappa shape index (κ1) is 16.0. The van der Waals surface area contributed by atoms with Crippen LogP contribution in [0.4, 0.5) is 0 Å². The number of benzene rings is 1. The lowest BCUT2D eigenvalue weighted by atomic mass is 10.1. The van der Waals surface area contributed by atoms with Crippen LogP contribution in [0.25, 0.3) is 0 Å². The van der Waals surface area contributed by atoms with Gasteiger partial charge in [0, 0.05) is 10.5 Å². The molecule has 0 radical (unpaired) electrons. The van der Waals surface area contributed by atoms with E-state index in [0.717, 1.165) is 16.5 Å². The lowest BCUT2D eigenvalue weighted by Gasteiger charge is -2.12. The molecule has 0 aliphatic rings. The van der Waals surface area contributed by atoms with Crippen LogP contribution in [0.15, 0.2) is 22.7 Å². The molecule has 0 saturated heterocycles. The minimum Gasteiger partial charge on any atom is -0.482 e. The van der Waals surface area contributed by atoms with Crippen molar-refractivity contribution in [1.82, 2.24) is 0 Å². The molecule has 0 aliphatic carbocycles. The van der Waals surface area contributed by atoms with Crippen LogP contribution in [0, 0.1) is 0 Å². The van der Waals surface area contributed by atoms with Gasteiger partial charge in [-0.1, -0.05) is 15.9 Å². The average Bonchev–Trinajstić information content (AvgIpc) is 2.28. The largest absolute Gasteiger partial charge is 0.482 e. The minimum atomic E-state index is -0.369. The molecule has 0 bridgehead atoms. The number of carbonyl (C=O) groups excluding carboxylic acids is 1. The van der Waals surface area contributed by atoms with Crippen molar-refractivity contribution in [3.8, 4) is 5.75 Å². The average molecular weight is 330 g/mol. The Kier molecular flexibility index (Phi) is 6.31. The first-order valence-electron chi connectivity index (χ1n) is 6.24. The molecule has 106 valence electrons. The van der Waals surface area contributed by atoms with Gasteiger partial charge < -0.3 is 15.2 Å². The maximum absolute atomic E-state index is 11.4. The Morgan fingerprint density at radius 3 is 2.63 bits per heavy atom. The van der Waals surface area contributed by atoms with E-state index in [0.29, 0.717) is 5.75 Å². The molecule has 4 nitrogen and oxygen atoms in total. The van der Waals surface area contributed by atoms with E-state index in [-0.39, 0.29) is 24.7 Å². The number of esters is 1. The quantitative estimate of drug-likeness (QED) is 0.815. The number of carbonyl (C=O) groups is 1. The van der Waals surface area contributed by atoms with Crippen LogP contribution in [0.2, 0.25) is 0 Å². The number of halogens is 1. The molecule has 0 amide bonds. The molecule has 2 N–H and O–H groups in total.